The number of hydrogen-bond acceptors (Lipinski definition) is 5. The average Bonchev–Trinajstić information content (AvgIpc) is 3.06. The molecule has 0 unspecified atom stereocenters. The minimum absolute atomic E-state index is 0.0182. The Bertz CT molecular complexity index is 1420. The summed E-state index contributed by atoms with van der Waals surface area (Å²) >= 11 is 6.41. The standard InChI is InChI=1S/C27H21ClN4O2/c1-3-13-31-21-8-5-4-7-18(21)27(26(31)34)19(15-29)25(30)32(17-12-11-16(2)20(28)14-17)22-9-6-10-23(33)24(22)27/h1,4-5,7-8,11-12,14H,6,9-10,13,30H2,2H3/t27-/m0/s1. The van der Waals surface area contributed by atoms with E-state index in [-0.39, 0.29) is 30.1 Å². The van der Waals surface area contributed by atoms with E-state index in [9.17, 15) is 14.9 Å². The summed E-state index contributed by atoms with van der Waals surface area (Å²) in [6.07, 6.45) is 7.00. The third-order valence-electron chi connectivity index (χ3n) is 6.84. The number of ketones is 1. The zero-order valence-electron chi connectivity index (χ0n) is 18.6. The molecule has 0 fully saturated rings. The quantitative estimate of drug-likeness (QED) is 0.670. The molecule has 1 atom stereocenters. The van der Waals surface area contributed by atoms with Crippen LogP contribution in [0.1, 0.15) is 30.4 Å². The molecule has 2 aliphatic heterocycles. The maximum atomic E-state index is 14.1. The van der Waals surface area contributed by atoms with Crippen LogP contribution in [0.15, 0.2) is 65.1 Å². The van der Waals surface area contributed by atoms with E-state index >= 15 is 0 Å². The van der Waals surface area contributed by atoms with Gasteiger partial charge in [0, 0.05) is 39.7 Å². The number of nitrogens with zero attached hydrogens (tertiary/aromatic N) is 3. The summed E-state index contributed by atoms with van der Waals surface area (Å²) < 4.78 is 0. The third kappa shape index (κ3) is 2.70. The minimum atomic E-state index is -1.62. The van der Waals surface area contributed by atoms with Crippen molar-refractivity contribution in [3.05, 3.63) is 81.3 Å². The predicted octanol–water partition coefficient (Wildman–Crippen LogP) is 4.09. The number of para-hydroxylation sites is 1. The summed E-state index contributed by atoms with van der Waals surface area (Å²) in [4.78, 5) is 30.9. The molecule has 1 aliphatic carbocycles. The van der Waals surface area contributed by atoms with Crippen molar-refractivity contribution in [1.82, 2.24) is 0 Å². The Kier molecular flexibility index (Phi) is 5.01. The van der Waals surface area contributed by atoms with Gasteiger partial charge in [-0.15, -0.1) is 6.42 Å². The Morgan fingerprint density at radius 2 is 1.97 bits per heavy atom. The number of anilines is 2. The van der Waals surface area contributed by atoms with Gasteiger partial charge >= 0.3 is 0 Å². The van der Waals surface area contributed by atoms with Crippen LogP contribution in [0.4, 0.5) is 11.4 Å². The molecule has 0 saturated heterocycles. The lowest BCUT2D eigenvalue weighted by Gasteiger charge is -2.43. The molecule has 0 saturated carbocycles. The molecule has 0 radical (unpaired) electrons. The molecule has 1 spiro atoms. The van der Waals surface area contributed by atoms with E-state index in [1.54, 1.807) is 35.2 Å². The number of nitriles is 1. The number of halogens is 1. The molecule has 3 aliphatic rings. The summed E-state index contributed by atoms with van der Waals surface area (Å²) in [5.74, 6) is 2.05. The van der Waals surface area contributed by atoms with Crippen LogP contribution < -0.4 is 15.5 Å². The van der Waals surface area contributed by atoms with Crippen LogP contribution in [-0.4, -0.2) is 18.2 Å². The van der Waals surface area contributed by atoms with Gasteiger partial charge in [-0.1, -0.05) is 41.8 Å². The lowest BCUT2D eigenvalue weighted by molar-refractivity contribution is -0.124. The first kappa shape index (κ1) is 21.8. The molecule has 0 bridgehead atoms. The van der Waals surface area contributed by atoms with Crippen LogP contribution in [-0.2, 0) is 15.0 Å². The number of aryl methyl sites for hydroxylation is 1. The Morgan fingerprint density at radius 1 is 1.21 bits per heavy atom. The van der Waals surface area contributed by atoms with Gasteiger partial charge in [0.1, 0.15) is 17.3 Å². The van der Waals surface area contributed by atoms with Gasteiger partial charge in [0.05, 0.1) is 12.1 Å². The zero-order valence-corrected chi connectivity index (χ0v) is 19.3. The van der Waals surface area contributed by atoms with Crippen molar-refractivity contribution in [2.45, 2.75) is 31.6 Å². The maximum absolute atomic E-state index is 14.1. The fraction of sp³-hybridized carbons (Fsp3) is 0.222. The number of carbonyl (C=O) groups excluding carboxylic acids is 2. The van der Waals surface area contributed by atoms with Crippen molar-refractivity contribution < 1.29 is 9.59 Å². The number of terminal acetylenes is 1. The summed E-state index contributed by atoms with van der Waals surface area (Å²) in [5.41, 5.74) is 8.68. The number of hydrogen-bond donors (Lipinski definition) is 1. The highest BCUT2D eigenvalue weighted by molar-refractivity contribution is 6.31. The summed E-state index contributed by atoms with van der Waals surface area (Å²) in [6, 6.07) is 14.8. The highest BCUT2D eigenvalue weighted by Crippen LogP contribution is 2.56. The molecule has 34 heavy (non-hydrogen) atoms. The Morgan fingerprint density at radius 3 is 2.68 bits per heavy atom. The number of carbonyl (C=O) groups is 2. The Labute approximate surface area is 202 Å². The van der Waals surface area contributed by atoms with Crippen molar-refractivity contribution in [2.75, 3.05) is 16.3 Å². The van der Waals surface area contributed by atoms with Crippen LogP contribution in [0.5, 0.6) is 0 Å². The van der Waals surface area contributed by atoms with E-state index in [1.165, 1.54) is 4.90 Å². The molecule has 2 aromatic rings. The molecule has 0 aromatic heterocycles. The maximum Gasteiger partial charge on any atom is 0.248 e. The van der Waals surface area contributed by atoms with Crippen molar-refractivity contribution in [3.8, 4) is 18.4 Å². The lowest BCUT2D eigenvalue weighted by Crippen LogP contribution is -2.52. The van der Waals surface area contributed by atoms with E-state index in [1.807, 2.05) is 19.1 Å². The van der Waals surface area contributed by atoms with Gasteiger partial charge in [0.25, 0.3) is 0 Å². The summed E-state index contributed by atoms with van der Waals surface area (Å²) in [6.45, 7) is 1.91. The largest absolute Gasteiger partial charge is 0.384 e. The van der Waals surface area contributed by atoms with E-state index < -0.39 is 11.3 Å². The number of amides is 1. The first-order chi connectivity index (χ1) is 16.4. The zero-order chi connectivity index (χ0) is 24.2. The van der Waals surface area contributed by atoms with Crippen molar-refractivity contribution in [3.63, 3.8) is 0 Å². The highest BCUT2D eigenvalue weighted by atomic mass is 35.5. The second-order valence-electron chi connectivity index (χ2n) is 8.60. The Balaban J connectivity index is 1.88. The monoisotopic (exact) mass is 468 g/mol. The molecule has 168 valence electrons. The van der Waals surface area contributed by atoms with Gasteiger partial charge in [0.2, 0.25) is 5.91 Å². The van der Waals surface area contributed by atoms with E-state index in [4.69, 9.17) is 23.8 Å². The van der Waals surface area contributed by atoms with Crippen LogP contribution >= 0.6 is 11.6 Å². The first-order valence-corrected chi connectivity index (χ1v) is 11.3. The SMILES string of the molecule is C#CCN1C(=O)[C@]2(C(C#N)=C(N)N(c3ccc(C)c(Cl)c3)C3=C2C(=O)CCC3)c2ccccc21. The van der Waals surface area contributed by atoms with E-state index in [2.05, 4.69) is 12.0 Å². The molecule has 2 aromatic carbocycles. The number of allylic oxidation sites excluding steroid dienone is 1. The second-order valence-corrected chi connectivity index (χ2v) is 9.01. The second kappa shape index (κ2) is 7.80. The molecule has 7 heteroatoms. The van der Waals surface area contributed by atoms with Crippen LogP contribution in [0.2, 0.25) is 5.02 Å². The predicted molar refractivity (Wildman–Crippen MR) is 131 cm³/mol. The third-order valence-corrected chi connectivity index (χ3v) is 7.25. The van der Waals surface area contributed by atoms with Crippen molar-refractivity contribution in [1.29, 1.82) is 5.26 Å². The van der Waals surface area contributed by atoms with Gasteiger partial charge in [-0.05, 0) is 43.5 Å². The van der Waals surface area contributed by atoms with Gasteiger partial charge in [0.15, 0.2) is 5.78 Å². The molecule has 6 nitrogen and oxygen atoms in total. The minimum Gasteiger partial charge on any atom is -0.384 e. The number of Topliss-reactive ketones (excluding diaryl/α,β-unsaturated/α-hetero) is 1. The molecule has 5 rings (SSSR count). The molecular formula is C27H21ClN4O2. The van der Waals surface area contributed by atoms with Crippen LogP contribution in [0.25, 0.3) is 0 Å². The Hall–Kier alpha value is -4.00. The van der Waals surface area contributed by atoms with Crippen LogP contribution in [0, 0.1) is 30.6 Å². The molecule has 1 amide bonds. The van der Waals surface area contributed by atoms with Gasteiger partial charge in [-0.3, -0.25) is 19.4 Å². The number of nitrogens with two attached hydrogens (primary N) is 1. The first-order valence-electron chi connectivity index (χ1n) is 11.0. The topological polar surface area (TPSA) is 90.4 Å². The normalized spacial score (nSPS) is 21.5. The van der Waals surface area contributed by atoms with Crippen molar-refractivity contribution in [2.24, 2.45) is 5.73 Å². The van der Waals surface area contributed by atoms with E-state index in [0.29, 0.717) is 46.1 Å². The molecule has 2 N–H and O–H groups in total. The van der Waals surface area contributed by atoms with Crippen molar-refractivity contribution >= 4 is 34.7 Å². The van der Waals surface area contributed by atoms with Crippen LogP contribution in [0.3, 0.4) is 0 Å². The average molecular weight is 469 g/mol. The smallest absolute Gasteiger partial charge is 0.248 e. The summed E-state index contributed by atoms with van der Waals surface area (Å²) in [5, 5.41) is 10.9. The molecular weight excluding hydrogens is 448 g/mol. The van der Waals surface area contributed by atoms with Gasteiger partial charge < -0.3 is 5.73 Å². The lowest BCUT2D eigenvalue weighted by atomic mass is 9.64. The fourth-order valence-corrected chi connectivity index (χ4v) is 5.57. The fourth-order valence-electron chi connectivity index (χ4n) is 5.39. The number of fused-ring (bicyclic) bond motifs is 3. The number of rotatable bonds is 2. The molecule has 2 heterocycles. The summed E-state index contributed by atoms with van der Waals surface area (Å²) in [7, 11) is 0. The van der Waals surface area contributed by atoms with E-state index in [0.717, 1.165) is 5.56 Å². The van der Waals surface area contributed by atoms with Gasteiger partial charge in [-0.25, -0.2) is 0 Å². The highest BCUT2D eigenvalue weighted by Gasteiger charge is 2.62. The van der Waals surface area contributed by atoms with Gasteiger partial charge in [-0.2, -0.15) is 5.26 Å². The number of benzene rings is 2.